The summed E-state index contributed by atoms with van der Waals surface area (Å²) in [6, 6.07) is 1.99. The van der Waals surface area contributed by atoms with Crippen LogP contribution in [0.2, 0.25) is 0 Å². The first-order chi connectivity index (χ1) is 8.09. The van der Waals surface area contributed by atoms with Crippen LogP contribution >= 0.6 is 11.6 Å². The Balaban J connectivity index is 2.44. The predicted molar refractivity (Wildman–Crippen MR) is 70.4 cm³/mol. The van der Waals surface area contributed by atoms with Crippen LogP contribution in [0, 0.1) is 0 Å². The fraction of sp³-hybridized carbons (Fsp3) is 0.500. The number of halogens is 1. The zero-order valence-electron chi connectivity index (χ0n) is 10.4. The molecule has 1 atom stereocenters. The average molecular weight is 253 g/mol. The summed E-state index contributed by atoms with van der Waals surface area (Å²) in [4.78, 5) is 10.8. The van der Waals surface area contributed by atoms with Gasteiger partial charge in [-0.05, 0) is 27.1 Å². The van der Waals surface area contributed by atoms with E-state index >= 15 is 0 Å². The van der Waals surface area contributed by atoms with E-state index in [9.17, 15) is 0 Å². The Morgan fingerprint density at radius 1 is 1.47 bits per heavy atom. The molecule has 0 bridgehead atoms. The second kappa shape index (κ2) is 5.02. The molecule has 0 radical (unpaired) electrons. The summed E-state index contributed by atoms with van der Waals surface area (Å²) in [5.41, 5.74) is 2.01. The van der Waals surface area contributed by atoms with E-state index in [2.05, 4.69) is 33.5 Å². The fourth-order valence-corrected chi connectivity index (χ4v) is 2.01. The number of nitrogens with zero attached hydrogens (tertiary/aromatic N) is 4. The second-order valence-corrected chi connectivity index (χ2v) is 5.06. The molecule has 2 rings (SSSR count). The average Bonchev–Trinajstić information content (AvgIpc) is 2.65. The minimum absolute atomic E-state index is 0.0930. The van der Waals surface area contributed by atoms with Crippen LogP contribution in [0.5, 0.6) is 0 Å². The molecule has 0 spiro atoms. The number of aromatic nitrogens is 3. The summed E-state index contributed by atoms with van der Waals surface area (Å²) in [6.45, 7) is 3.80. The van der Waals surface area contributed by atoms with Crippen LogP contribution in [-0.4, -0.2) is 40.1 Å². The van der Waals surface area contributed by atoms with Crippen molar-refractivity contribution in [1.82, 2.24) is 19.4 Å². The van der Waals surface area contributed by atoms with Crippen LogP contribution in [0.25, 0.3) is 11.0 Å². The van der Waals surface area contributed by atoms with Gasteiger partial charge in [0.1, 0.15) is 11.3 Å². The van der Waals surface area contributed by atoms with Crippen LogP contribution in [0.1, 0.15) is 18.1 Å². The Labute approximate surface area is 106 Å². The molecule has 0 N–H and O–H groups in total. The molecule has 0 saturated heterocycles. The van der Waals surface area contributed by atoms with Crippen molar-refractivity contribution < 1.29 is 0 Å². The van der Waals surface area contributed by atoms with Crippen molar-refractivity contribution >= 4 is 22.6 Å². The lowest BCUT2D eigenvalue weighted by atomic mass is 10.4. The van der Waals surface area contributed by atoms with Gasteiger partial charge in [-0.1, -0.05) is 0 Å². The molecule has 92 valence electrons. The molecule has 0 aromatic carbocycles. The number of imidazole rings is 1. The zero-order valence-corrected chi connectivity index (χ0v) is 11.1. The first-order valence-corrected chi connectivity index (χ1v) is 6.12. The summed E-state index contributed by atoms with van der Waals surface area (Å²) in [5.74, 6) is 0.913. The number of hydrogen-bond acceptors (Lipinski definition) is 3. The third-order valence-electron chi connectivity index (χ3n) is 2.71. The van der Waals surface area contributed by atoms with Crippen molar-refractivity contribution in [1.29, 1.82) is 0 Å². The van der Waals surface area contributed by atoms with Crippen molar-refractivity contribution in [2.24, 2.45) is 0 Å². The zero-order chi connectivity index (χ0) is 12.4. The van der Waals surface area contributed by atoms with Gasteiger partial charge in [0, 0.05) is 19.3 Å². The third-order valence-corrected chi connectivity index (χ3v) is 2.90. The summed E-state index contributed by atoms with van der Waals surface area (Å²) < 4.78 is 2.18. The molecule has 2 aromatic rings. The first-order valence-electron chi connectivity index (χ1n) is 5.68. The van der Waals surface area contributed by atoms with Gasteiger partial charge in [0.05, 0.1) is 17.1 Å². The van der Waals surface area contributed by atoms with Crippen LogP contribution < -0.4 is 0 Å². The van der Waals surface area contributed by atoms with E-state index in [0.717, 1.165) is 29.9 Å². The van der Waals surface area contributed by atoms with Gasteiger partial charge in [0.15, 0.2) is 0 Å². The lowest BCUT2D eigenvalue weighted by Gasteiger charge is -2.14. The summed E-state index contributed by atoms with van der Waals surface area (Å²) >= 11 is 6.18. The largest absolute Gasteiger partial charge is 0.325 e. The SMILES string of the molecule is CC(Cl)c1nc2cnccc2n1CCN(C)C. The van der Waals surface area contributed by atoms with Gasteiger partial charge >= 0.3 is 0 Å². The molecular weight excluding hydrogens is 236 g/mol. The van der Waals surface area contributed by atoms with Crippen LogP contribution in [0.4, 0.5) is 0 Å². The van der Waals surface area contributed by atoms with Crippen molar-refractivity contribution in [2.45, 2.75) is 18.8 Å². The second-order valence-electron chi connectivity index (χ2n) is 4.41. The van der Waals surface area contributed by atoms with E-state index in [-0.39, 0.29) is 5.38 Å². The smallest absolute Gasteiger partial charge is 0.127 e. The topological polar surface area (TPSA) is 34.0 Å². The maximum absolute atomic E-state index is 6.18. The number of fused-ring (bicyclic) bond motifs is 1. The quantitative estimate of drug-likeness (QED) is 0.783. The van der Waals surface area contributed by atoms with Gasteiger partial charge in [0.2, 0.25) is 0 Å². The van der Waals surface area contributed by atoms with E-state index in [1.54, 1.807) is 12.4 Å². The Morgan fingerprint density at radius 3 is 2.88 bits per heavy atom. The summed E-state index contributed by atoms with van der Waals surface area (Å²) in [7, 11) is 4.12. The van der Waals surface area contributed by atoms with Crippen molar-refractivity contribution in [2.75, 3.05) is 20.6 Å². The molecule has 0 aliphatic carbocycles. The fourth-order valence-electron chi connectivity index (χ4n) is 1.84. The van der Waals surface area contributed by atoms with E-state index in [1.807, 2.05) is 13.0 Å². The standard InChI is InChI=1S/C12H17ClN4/c1-9(13)12-15-10-8-14-5-4-11(10)17(12)7-6-16(2)3/h4-5,8-9H,6-7H2,1-3H3. The summed E-state index contributed by atoms with van der Waals surface area (Å²) in [5, 5.41) is -0.0930. The van der Waals surface area contributed by atoms with E-state index in [0.29, 0.717) is 0 Å². The molecule has 2 aromatic heterocycles. The Hall–Kier alpha value is -1.13. The molecule has 17 heavy (non-hydrogen) atoms. The van der Waals surface area contributed by atoms with Crippen molar-refractivity contribution in [3.05, 3.63) is 24.3 Å². The van der Waals surface area contributed by atoms with Gasteiger partial charge in [-0.25, -0.2) is 4.98 Å². The van der Waals surface area contributed by atoms with Gasteiger partial charge in [0.25, 0.3) is 0 Å². The lowest BCUT2D eigenvalue weighted by molar-refractivity contribution is 0.383. The Bertz CT molecular complexity index is 504. The van der Waals surface area contributed by atoms with Crippen molar-refractivity contribution in [3.8, 4) is 0 Å². The Morgan fingerprint density at radius 2 is 2.24 bits per heavy atom. The number of hydrogen-bond donors (Lipinski definition) is 0. The molecular formula is C12H17ClN4. The van der Waals surface area contributed by atoms with Gasteiger partial charge in [-0.2, -0.15) is 0 Å². The van der Waals surface area contributed by atoms with Gasteiger partial charge in [-0.15, -0.1) is 11.6 Å². The lowest BCUT2D eigenvalue weighted by Crippen LogP contribution is -2.19. The van der Waals surface area contributed by atoms with E-state index in [4.69, 9.17) is 11.6 Å². The molecule has 0 saturated carbocycles. The third kappa shape index (κ3) is 2.58. The maximum Gasteiger partial charge on any atom is 0.127 e. The van der Waals surface area contributed by atoms with E-state index in [1.165, 1.54) is 0 Å². The molecule has 0 amide bonds. The van der Waals surface area contributed by atoms with Gasteiger partial charge in [-0.3, -0.25) is 4.98 Å². The van der Waals surface area contributed by atoms with Crippen LogP contribution in [-0.2, 0) is 6.54 Å². The maximum atomic E-state index is 6.18. The highest BCUT2D eigenvalue weighted by Crippen LogP contribution is 2.23. The minimum atomic E-state index is -0.0930. The normalized spacial score (nSPS) is 13.5. The van der Waals surface area contributed by atoms with E-state index < -0.39 is 0 Å². The number of rotatable bonds is 4. The molecule has 0 aliphatic heterocycles. The molecule has 0 aliphatic rings. The molecule has 4 nitrogen and oxygen atoms in total. The highest BCUT2D eigenvalue weighted by molar-refractivity contribution is 6.20. The van der Waals surface area contributed by atoms with Gasteiger partial charge < -0.3 is 9.47 Å². The Kier molecular flexibility index (Phi) is 3.64. The monoisotopic (exact) mass is 252 g/mol. The molecule has 2 heterocycles. The number of pyridine rings is 1. The molecule has 1 unspecified atom stereocenters. The first kappa shape index (κ1) is 12.3. The highest BCUT2D eigenvalue weighted by atomic mass is 35.5. The number of likely N-dealkylation sites (N-methyl/N-ethyl adjacent to an activating group) is 1. The van der Waals surface area contributed by atoms with Crippen molar-refractivity contribution in [3.63, 3.8) is 0 Å². The molecule has 5 heteroatoms. The summed E-state index contributed by atoms with van der Waals surface area (Å²) in [6.07, 6.45) is 3.57. The molecule has 0 fully saturated rings. The minimum Gasteiger partial charge on any atom is -0.325 e. The highest BCUT2D eigenvalue weighted by Gasteiger charge is 2.14. The predicted octanol–water partition coefficient (Wildman–Crippen LogP) is 2.29. The van der Waals surface area contributed by atoms with Crippen LogP contribution in [0.3, 0.4) is 0 Å². The van der Waals surface area contributed by atoms with Crippen LogP contribution in [0.15, 0.2) is 18.5 Å². The number of alkyl halides is 1.